The first-order valence-electron chi connectivity index (χ1n) is 10.00. The van der Waals surface area contributed by atoms with Crippen LogP contribution in [-0.2, 0) is 13.0 Å². The van der Waals surface area contributed by atoms with Crippen LogP contribution in [-0.4, -0.2) is 19.7 Å². The fourth-order valence-corrected chi connectivity index (χ4v) is 4.37. The highest BCUT2D eigenvalue weighted by molar-refractivity contribution is 5.74. The fourth-order valence-electron chi connectivity index (χ4n) is 4.37. The van der Waals surface area contributed by atoms with Gasteiger partial charge in [0.05, 0.1) is 29.5 Å². The second kappa shape index (κ2) is 6.91. The van der Waals surface area contributed by atoms with Crippen molar-refractivity contribution in [2.45, 2.75) is 45.7 Å². The molecule has 5 heteroatoms. The van der Waals surface area contributed by atoms with Gasteiger partial charge < -0.3 is 10.3 Å². The average molecular weight is 371 g/mol. The van der Waals surface area contributed by atoms with Crippen LogP contribution in [0.3, 0.4) is 0 Å². The van der Waals surface area contributed by atoms with Gasteiger partial charge in [-0.25, -0.2) is 9.67 Å². The van der Waals surface area contributed by atoms with Gasteiger partial charge in [-0.05, 0) is 68.5 Å². The third-order valence-corrected chi connectivity index (χ3v) is 5.59. The third-order valence-electron chi connectivity index (χ3n) is 5.59. The van der Waals surface area contributed by atoms with Crippen LogP contribution in [0.2, 0.25) is 0 Å². The van der Waals surface area contributed by atoms with E-state index in [0.29, 0.717) is 6.04 Å². The van der Waals surface area contributed by atoms with E-state index in [2.05, 4.69) is 58.1 Å². The second-order valence-corrected chi connectivity index (χ2v) is 7.83. The minimum atomic E-state index is 0.316. The maximum Gasteiger partial charge on any atom is 0.121 e. The van der Waals surface area contributed by atoms with Gasteiger partial charge in [-0.3, -0.25) is 0 Å². The molecule has 0 fully saturated rings. The van der Waals surface area contributed by atoms with Crippen LogP contribution in [0.15, 0.2) is 48.7 Å². The Bertz CT molecular complexity index is 1080. The maximum atomic E-state index is 4.74. The Morgan fingerprint density at radius 1 is 1.14 bits per heavy atom. The SMILES string of the molecule is Cc1cc(C)cc(-n2ncc3c2CCCC3NCc2nc3ccccc3[nH]2)c1. The molecule has 2 aromatic heterocycles. The van der Waals surface area contributed by atoms with Crippen LogP contribution in [0.4, 0.5) is 0 Å². The first kappa shape index (κ1) is 17.2. The van der Waals surface area contributed by atoms with E-state index in [9.17, 15) is 0 Å². The van der Waals surface area contributed by atoms with Crippen molar-refractivity contribution in [2.24, 2.45) is 0 Å². The third kappa shape index (κ3) is 3.12. The molecule has 142 valence electrons. The molecule has 0 amide bonds. The predicted octanol–water partition coefficient (Wildman–Crippen LogP) is 4.53. The summed E-state index contributed by atoms with van der Waals surface area (Å²) in [6.45, 7) is 5.02. The lowest BCUT2D eigenvalue weighted by Gasteiger charge is -2.24. The summed E-state index contributed by atoms with van der Waals surface area (Å²) in [4.78, 5) is 8.09. The van der Waals surface area contributed by atoms with Gasteiger partial charge >= 0.3 is 0 Å². The van der Waals surface area contributed by atoms with E-state index < -0.39 is 0 Å². The summed E-state index contributed by atoms with van der Waals surface area (Å²) in [5.41, 5.74) is 8.47. The van der Waals surface area contributed by atoms with E-state index in [1.54, 1.807) is 0 Å². The van der Waals surface area contributed by atoms with Crippen molar-refractivity contribution < 1.29 is 0 Å². The minimum absolute atomic E-state index is 0.316. The van der Waals surface area contributed by atoms with Crippen LogP contribution >= 0.6 is 0 Å². The summed E-state index contributed by atoms with van der Waals surface area (Å²) < 4.78 is 2.13. The predicted molar refractivity (Wildman–Crippen MR) is 112 cm³/mol. The Morgan fingerprint density at radius 3 is 2.79 bits per heavy atom. The highest BCUT2D eigenvalue weighted by atomic mass is 15.3. The molecule has 4 aromatic rings. The van der Waals surface area contributed by atoms with Crippen molar-refractivity contribution >= 4 is 11.0 Å². The van der Waals surface area contributed by atoms with Gasteiger partial charge in [-0.2, -0.15) is 5.10 Å². The number of rotatable bonds is 4. The zero-order valence-corrected chi connectivity index (χ0v) is 16.4. The van der Waals surface area contributed by atoms with E-state index in [0.717, 1.165) is 41.9 Å². The summed E-state index contributed by atoms with van der Waals surface area (Å²) >= 11 is 0. The van der Waals surface area contributed by atoms with Gasteiger partial charge in [0.1, 0.15) is 5.82 Å². The van der Waals surface area contributed by atoms with E-state index in [1.165, 1.54) is 28.8 Å². The van der Waals surface area contributed by atoms with Gasteiger partial charge in [-0.15, -0.1) is 0 Å². The van der Waals surface area contributed by atoms with Crippen LogP contribution in [0.25, 0.3) is 16.7 Å². The summed E-state index contributed by atoms with van der Waals surface area (Å²) in [6.07, 6.45) is 5.42. The van der Waals surface area contributed by atoms with Crippen LogP contribution in [0.1, 0.15) is 47.1 Å². The topological polar surface area (TPSA) is 58.5 Å². The standard InChI is InChI=1S/C23H25N5/c1-15-10-16(2)12-17(11-15)28-22-9-5-8-19(18(22)13-25-28)24-14-23-26-20-6-3-4-7-21(20)27-23/h3-4,6-7,10-13,19,24H,5,8-9,14H2,1-2H3,(H,26,27). The van der Waals surface area contributed by atoms with E-state index >= 15 is 0 Å². The van der Waals surface area contributed by atoms with Gasteiger partial charge in [0, 0.05) is 17.3 Å². The molecule has 2 aromatic carbocycles. The van der Waals surface area contributed by atoms with E-state index in [-0.39, 0.29) is 0 Å². The summed E-state index contributed by atoms with van der Waals surface area (Å²) in [7, 11) is 0. The number of benzene rings is 2. The summed E-state index contributed by atoms with van der Waals surface area (Å²) in [5.74, 6) is 0.982. The van der Waals surface area contributed by atoms with Crippen LogP contribution in [0, 0.1) is 13.8 Å². The van der Waals surface area contributed by atoms with Crippen molar-refractivity contribution in [3.05, 3.63) is 76.9 Å². The Balaban J connectivity index is 1.39. The number of aromatic nitrogens is 4. The highest BCUT2D eigenvalue weighted by Crippen LogP contribution is 2.31. The molecule has 0 spiro atoms. The van der Waals surface area contributed by atoms with Crippen molar-refractivity contribution in [3.63, 3.8) is 0 Å². The van der Waals surface area contributed by atoms with E-state index in [1.807, 2.05) is 24.4 Å². The van der Waals surface area contributed by atoms with Crippen molar-refractivity contribution in [2.75, 3.05) is 0 Å². The van der Waals surface area contributed by atoms with Crippen molar-refractivity contribution in [3.8, 4) is 5.69 Å². The molecule has 2 N–H and O–H groups in total. The summed E-state index contributed by atoms with van der Waals surface area (Å²) in [5, 5.41) is 8.44. The Morgan fingerprint density at radius 2 is 1.96 bits per heavy atom. The highest BCUT2D eigenvalue weighted by Gasteiger charge is 2.24. The van der Waals surface area contributed by atoms with Gasteiger partial charge in [0.25, 0.3) is 0 Å². The average Bonchev–Trinajstić information content (AvgIpc) is 3.29. The Labute approximate surface area is 164 Å². The van der Waals surface area contributed by atoms with E-state index in [4.69, 9.17) is 5.10 Å². The molecule has 5 nitrogen and oxygen atoms in total. The second-order valence-electron chi connectivity index (χ2n) is 7.83. The first-order valence-corrected chi connectivity index (χ1v) is 10.00. The Hall–Kier alpha value is -2.92. The van der Waals surface area contributed by atoms with Gasteiger partial charge in [0.2, 0.25) is 0 Å². The lowest BCUT2D eigenvalue weighted by Crippen LogP contribution is -2.25. The monoisotopic (exact) mass is 371 g/mol. The molecule has 1 atom stereocenters. The molecule has 2 heterocycles. The van der Waals surface area contributed by atoms with Gasteiger partial charge in [0.15, 0.2) is 0 Å². The van der Waals surface area contributed by atoms with Crippen molar-refractivity contribution in [1.82, 2.24) is 25.1 Å². The number of para-hydroxylation sites is 2. The molecule has 0 aliphatic heterocycles. The zero-order valence-electron chi connectivity index (χ0n) is 16.4. The number of hydrogen-bond donors (Lipinski definition) is 2. The molecule has 1 aliphatic rings. The van der Waals surface area contributed by atoms with Crippen molar-refractivity contribution in [1.29, 1.82) is 0 Å². The number of aryl methyl sites for hydroxylation is 2. The molecular weight excluding hydrogens is 346 g/mol. The van der Waals surface area contributed by atoms with Crippen LogP contribution < -0.4 is 5.32 Å². The number of nitrogens with one attached hydrogen (secondary N) is 2. The number of imidazole rings is 1. The molecule has 5 rings (SSSR count). The lowest BCUT2D eigenvalue weighted by molar-refractivity contribution is 0.450. The molecule has 1 unspecified atom stereocenters. The number of aromatic amines is 1. The first-order chi connectivity index (χ1) is 13.7. The lowest BCUT2D eigenvalue weighted by atomic mass is 9.93. The van der Waals surface area contributed by atoms with Crippen LogP contribution in [0.5, 0.6) is 0 Å². The number of hydrogen-bond acceptors (Lipinski definition) is 3. The normalized spacial score (nSPS) is 16.4. The fraction of sp³-hybridized carbons (Fsp3) is 0.304. The number of H-pyrrole nitrogens is 1. The molecule has 0 saturated carbocycles. The molecule has 0 radical (unpaired) electrons. The smallest absolute Gasteiger partial charge is 0.121 e. The molecule has 28 heavy (non-hydrogen) atoms. The number of fused-ring (bicyclic) bond motifs is 2. The Kier molecular flexibility index (Phi) is 4.24. The largest absolute Gasteiger partial charge is 0.341 e. The molecular formula is C23H25N5. The quantitative estimate of drug-likeness (QED) is 0.554. The summed E-state index contributed by atoms with van der Waals surface area (Å²) in [6, 6.07) is 15.1. The zero-order chi connectivity index (χ0) is 19.1. The molecule has 1 aliphatic carbocycles. The van der Waals surface area contributed by atoms with Gasteiger partial charge in [-0.1, -0.05) is 18.2 Å². The molecule has 0 saturated heterocycles. The minimum Gasteiger partial charge on any atom is -0.341 e. The number of nitrogens with zero attached hydrogens (tertiary/aromatic N) is 3. The maximum absolute atomic E-state index is 4.74. The molecule has 0 bridgehead atoms.